The van der Waals surface area contributed by atoms with Crippen LogP contribution in [-0.2, 0) is 47.4 Å². The number of carboxylic acids is 1. The number of hydrazone groups is 1. The molecule has 0 amide bonds. The molecule has 0 saturated heterocycles. The molecule has 0 fully saturated rings. The maximum atomic E-state index is 13.3. The van der Waals surface area contributed by atoms with Crippen LogP contribution in [0.4, 0.5) is 37.7 Å². The van der Waals surface area contributed by atoms with Gasteiger partial charge in [-0.3, -0.25) is 15.0 Å². The molecule has 0 aliphatic heterocycles. The molecular formula is C67H68Cl6F6LiN7O14. The Morgan fingerprint density at radius 3 is 1.41 bits per heavy atom. The summed E-state index contributed by atoms with van der Waals surface area (Å²) in [7, 11) is 3.31. The summed E-state index contributed by atoms with van der Waals surface area (Å²) < 4.78 is 100. The summed E-state index contributed by atoms with van der Waals surface area (Å²) in [5.41, 5.74) is 12.5. The number of carbonyl (C=O) groups excluding carboxylic acids is 6. The number of aromatic amines is 2. The Kier molecular flexibility index (Phi) is 38.0. The average Bonchev–Trinajstić information content (AvgIpc) is 1.65. The fraction of sp³-hybridized carbons (Fsp3) is 0.224. The molecule has 0 unspecified atom stereocenters. The molecule has 0 aliphatic carbocycles. The number of benzene rings is 6. The van der Waals surface area contributed by atoms with Crippen LogP contribution in [-0.4, -0.2) is 109 Å². The number of aryl methyl sites for hydroxylation is 2. The van der Waals surface area contributed by atoms with E-state index >= 15 is 0 Å². The molecule has 0 radical (unpaired) electrons. The molecule has 4 heterocycles. The van der Waals surface area contributed by atoms with Gasteiger partial charge in [-0.1, -0.05) is 69.6 Å². The van der Waals surface area contributed by atoms with Crippen LogP contribution in [0.1, 0.15) is 98.8 Å². The molecule has 0 atom stereocenters. The van der Waals surface area contributed by atoms with E-state index in [1.807, 2.05) is 0 Å². The minimum Gasteiger partial charge on any atom is -0.870 e. The smallest absolute Gasteiger partial charge is 0.870 e. The predicted molar refractivity (Wildman–Crippen MR) is 376 cm³/mol. The van der Waals surface area contributed by atoms with E-state index in [1.165, 1.54) is 122 Å². The number of ether oxygens (including phenoxy) is 4. The van der Waals surface area contributed by atoms with Gasteiger partial charge in [0, 0.05) is 53.8 Å². The van der Waals surface area contributed by atoms with E-state index in [0.717, 1.165) is 0 Å². The molecule has 0 saturated carbocycles. The van der Waals surface area contributed by atoms with Crippen LogP contribution in [0, 0.1) is 40.8 Å². The topological polar surface area (TPSA) is 330 Å². The largest absolute Gasteiger partial charge is 1.00 e. The van der Waals surface area contributed by atoms with Crippen molar-refractivity contribution in [1.29, 1.82) is 0 Å². The Bertz CT molecular complexity index is 4560. The van der Waals surface area contributed by atoms with Gasteiger partial charge in [-0.25, -0.2) is 50.3 Å². The monoisotopic (exact) mass is 1530 g/mol. The van der Waals surface area contributed by atoms with Crippen LogP contribution in [0.2, 0.25) is 30.1 Å². The summed E-state index contributed by atoms with van der Waals surface area (Å²) >= 11 is 33.9. The van der Waals surface area contributed by atoms with Gasteiger partial charge in [-0.05, 0) is 165 Å². The van der Waals surface area contributed by atoms with Crippen molar-refractivity contribution in [1.82, 2.24) is 19.1 Å². The molecule has 540 valence electrons. The number of hydrogen-bond donors (Lipinski definition) is 5. The molecule has 9 N–H and O–H groups in total. The summed E-state index contributed by atoms with van der Waals surface area (Å²) in [4.78, 5) is 82.9. The van der Waals surface area contributed by atoms with Crippen molar-refractivity contribution in [2.24, 2.45) is 25.1 Å². The molecule has 101 heavy (non-hydrogen) atoms. The summed E-state index contributed by atoms with van der Waals surface area (Å²) in [6, 6.07) is 25.1. The quantitative estimate of drug-likeness (QED) is 0.0105. The number of nitrogens with two attached hydrogens (primary N) is 1. The third-order valence-electron chi connectivity index (χ3n) is 13.3. The molecule has 0 spiro atoms. The molecule has 4 aromatic heterocycles. The number of halogens is 12. The number of carbonyl (C=O) groups is 7. The molecule has 6 aromatic carbocycles. The van der Waals surface area contributed by atoms with Crippen molar-refractivity contribution >= 4 is 172 Å². The van der Waals surface area contributed by atoms with Gasteiger partial charge in [0.15, 0.2) is 0 Å². The van der Waals surface area contributed by atoms with Crippen molar-refractivity contribution < 1.29 is 115 Å². The van der Waals surface area contributed by atoms with E-state index in [-0.39, 0.29) is 103 Å². The first-order valence-corrected chi connectivity index (χ1v) is 31.1. The average molecular weight is 1530 g/mol. The van der Waals surface area contributed by atoms with Crippen LogP contribution in [0.15, 0.2) is 114 Å². The Balaban J connectivity index is 0.00000117. The van der Waals surface area contributed by atoms with Gasteiger partial charge in [0.1, 0.15) is 75.0 Å². The van der Waals surface area contributed by atoms with Crippen molar-refractivity contribution in [3.63, 3.8) is 0 Å². The molecule has 21 nitrogen and oxygen atoms in total. The Labute approximate surface area is 617 Å². The number of esters is 4. The molecule has 34 heteroatoms. The van der Waals surface area contributed by atoms with Crippen LogP contribution < -0.4 is 30.0 Å². The summed E-state index contributed by atoms with van der Waals surface area (Å²) in [6.45, 7) is 14.0. The zero-order valence-electron chi connectivity index (χ0n) is 55.6. The normalized spacial score (nSPS) is 10.3. The molecule has 10 rings (SSSR count). The summed E-state index contributed by atoms with van der Waals surface area (Å²) in [6.07, 6.45) is 0. The third kappa shape index (κ3) is 25.4. The van der Waals surface area contributed by atoms with E-state index in [4.69, 9.17) is 99.4 Å². The number of aromatic nitrogens is 4. The van der Waals surface area contributed by atoms with Gasteiger partial charge in [-0.2, -0.15) is 5.10 Å². The van der Waals surface area contributed by atoms with Crippen LogP contribution in [0.3, 0.4) is 0 Å². The Morgan fingerprint density at radius 2 is 0.950 bits per heavy atom. The first kappa shape index (κ1) is 90.3. The summed E-state index contributed by atoms with van der Waals surface area (Å²) in [5.74, 6) is -6.50. The van der Waals surface area contributed by atoms with Gasteiger partial charge < -0.3 is 59.8 Å². The second-order valence-electron chi connectivity index (χ2n) is 20.0. The van der Waals surface area contributed by atoms with Crippen molar-refractivity contribution in [3.8, 4) is 0 Å². The van der Waals surface area contributed by atoms with E-state index in [2.05, 4.69) is 20.5 Å². The van der Waals surface area contributed by atoms with Crippen molar-refractivity contribution in [2.75, 3.05) is 37.6 Å². The van der Waals surface area contributed by atoms with E-state index in [9.17, 15) is 59.9 Å². The molecule has 10 aromatic rings. The van der Waals surface area contributed by atoms with Crippen molar-refractivity contribution in [3.05, 3.63) is 197 Å². The second-order valence-corrected chi connectivity index (χ2v) is 22.4. The maximum Gasteiger partial charge on any atom is 1.00 e. The maximum absolute atomic E-state index is 13.3. The van der Waals surface area contributed by atoms with Gasteiger partial charge >= 0.3 is 48.7 Å². The number of nitrogens with zero attached hydrogens (tertiary/aromatic N) is 3. The number of nitrogen functional groups attached to an aromatic ring is 1. The van der Waals surface area contributed by atoms with E-state index < -0.39 is 70.7 Å². The van der Waals surface area contributed by atoms with Crippen LogP contribution >= 0.6 is 69.6 Å². The van der Waals surface area contributed by atoms with Crippen LogP contribution in [0.5, 0.6) is 0 Å². The summed E-state index contributed by atoms with van der Waals surface area (Å²) in [5, 5.41) is 14.7. The second kappa shape index (κ2) is 42.5. The number of H-pyrrole nitrogens is 2. The number of aromatic carboxylic acids is 1. The van der Waals surface area contributed by atoms with Gasteiger partial charge in [-0.15, -0.1) is 0 Å². The molecular weight excluding hydrogens is 1460 g/mol. The van der Waals surface area contributed by atoms with Crippen molar-refractivity contribution in [2.45, 2.75) is 55.4 Å². The number of Topliss-reactive ketones (excluding diaryl/α,β-unsaturated/α-hetero) is 2. The Morgan fingerprint density at radius 1 is 0.535 bits per heavy atom. The fourth-order valence-electron chi connectivity index (χ4n) is 8.00. The standard InChI is InChI=1S/C12H11ClFNO2.C11H12ClFN2O2.2C11H9ClFNO2.C10H7ClFNO2.C6H5ClFN.C6H10O2.Li.2H2O.H2/c1-3-17-12(16)10-6-7-9(15(10)2)5-4-8(14)11(7)13;1-3-17-11(16)7(2)14-15-8-4-5-10(13)9(12)6-8;1-2-16-11(15)10-4-6-3-8(13)7(12)5-9(6)14-10;1-2-16-11(15)9-5-6-8(14-9)4-3-7(13)10(6)12;1-13-7-3-2-6(12)9(11)5(7)4-8(13)10(14)15;7-5-3-4(9)1-2-6(5)8;1-4(5(2)7)6(3)8;;;;/h4-6H,3H2,1-2H3;4-6,15H,3H2,1-2H3;2*3-5,14H,2H2,1H3;2-4H,1H3,(H,14,15);1-3H,9H2;4H,1-3H3;;2*1H2;1H/q;;;;;;;+1;;;/p-1/b;14-7+;;;;;;;;;/i;;;;;;;;;;1+1. The van der Waals surface area contributed by atoms with Gasteiger partial charge in [0.05, 0.1) is 79.2 Å². The van der Waals surface area contributed by atoms with E-state index in [0.29, 0.717) is 79.6 Å². The fourth-order valence-corrected chi connectivity index (χ4v) is 9.19. The number of nitrogens with one attached hydrogen (secondary N) is 3. The number of ketones is 2. The zero-order valence-corrected chi connectivity index (χ0v) is 60.2. The third-order valence-corrected chi connectivity index (χ3v) is 15.3. The van der Waals surface area contributed by atoms with Crippen LogP contribution in [0.25, 0.3) is 43.6 Å². The predicted octanol–water partition coefficient (Wildman–Crippen LogP) is 14.0. The number of hydrogen-bond acceptors (Lipinski definition) is 15. The number of anilines is 2. The Hall–Kier alpha value is -8.72. The molecule has 0 aliphatic rings. The minimum absolute atomic E-state index is 0. The molecule has 0 bridgehead atoms. The first-order chi connectivity index (χ1) is 46.1. The van der Waals surface area contributed by atoms with E-state index in [1.54, 1.807) is 65.4 Å². The SMILES string of the molecule is CC(=O)C(C)C(C)=O.CCOC(=O)/C(C)=N/Nc1ccc(F)c(Cl)c1.CCOC(=O)c1cc2c(Cl)c(F)ccc2[nH]1.CCOC(=O)c1cc2c(Cl)c(F)ccc2n1C.CCOC(=O)c1cc2cc(F)c(Cl)cc2[nH]1.Cn1c(C(=O)O)cc2c(Cl)c(F)ccc21.Nc1ccc(F)c(Cl)c1.O.[2HH].[Li+].[OH-]. The number of fused-ring (bicyclic) bond motifs is 4. The number of rotatable bonds is 13. The number of carboxylic acid groups (broad SMARTS) is 1. The first-order valence-electron chi connectivity index (χ1n) is 28.8. The minimum atomic E-state index is -1.06. The zero-order chi connectivity index (χ0) is 73.6. The van der Waals surface area contributed by atoms with Gasteiger partial charge in [0.25, 0.3) is 0 Å². The van der Waals surface area contributed by atoms with Gasteiger partial charge in [0.2, 0.25) is 0 Å².